The highest BCUT2D eigenvalue weighted by atomic mass is 35.5. The molecule has 0 amide bonds. The fraction of sp³-hybridized carbons (Fsp3) is 0.652. The van der Waals surface area contributed by atoms with Gasteiger partial charge in [0.25, 0.3) is 0 Å². The van der Waals surface area contributed by atoms with Gasteiger partial charge in [-0.15, -0.1) is 11.6 Å². The van der Waals surface area contributed by atoms with Crippen molar-refractivity contribution in [3.63, 3.8) is 0 Å². The Bertz CT molecular complexity index is 635. The molecule has 0 radical (unpaired) electrons. The van der Waals surface area contributed by atoms with E-state index in [4.69, 9.17) is 21.6 Å². The number of ether oxygens (including phenoxy) is 1. The fourth-order valence-corrected chi connectivity index (χ4v) is 4.81. The summed E-state index contributed by atoms with van der Waals surface area (Å²) in [5.41, 5.74) is 1.99. The molecule has 0 aromatic heterocycles. The maximum atomic E-state index is 12.6. The normalized spacial score (nSPS) is 28.3. The molecule has 2 saturated carbocycles. The molecule has 3 rings (SSSR count). The minimum Gasteiger partial charge on any atom is -0.462 e. The number of benzene rings is 1. The molecule has 2 aliphatic carbocycles. The molecule has 2 fully saturated rings. The second kappa shape index (κ2) is 10.1. The van der Waals surface area contributed by atoms with Crippen LogP contribution < -0.4 is 0 Å². The fourth-order valence-electron chi connectivity index (χ4n) is 4.66. The van der Waals surface area contributed by atoms with Crippen LogP contribution in [-0.2, 0) is 9.53 Å². The Balaban J connectivity index is 1.40. The van der Waals surface area contributed by atoms with E-state index in [1.165, 1.54) is 24.8 Å². The number of halogens is 1. The van der Waals surface area contributed by atoms with Crippen molar-refractivity contribution < 1.29 is 9.53 Å². The third-order valence-corrected chi connectivity index (χ3v) is 6.66. The lowest BCUT2D eigenvalue weighted by molar-refractivity contribution is -0.157. The van der Waals surface area contributed by atoms with Gasteiger partial charge in [0.15, 0.2) is 0 Å². The van der Waals surface area contributed by atoms with E-state index in [1.807, 2.05) is 12.1 Å². The molecule has 0 spiro atoms. The summed E-state index contributed by atoms with van der Waals surface area (Å²) in [7, 11) is 0. The van der Waals surface area contributed by atoms with E-state index in [-0.39, 0.29) is 18.0 Å². The number of carbonyl (C=O) groups excluding carboxylic acids is 1. The largest absolute Gasteiger partial charge is 0.462 e. The summed E-state index contributed by atoms with van der Waals surface area (Å²) in [6, 6.07) is 10.1. The molecule has 27 heavy (non-hydrogen) atoms. The minimum absolute atomic E-state index is 0.0255. The van der Waals surface area contributed by atoms with Gasteiger partial charge in [-0.2, -0.15) is 5.26 Å². The maximum Gasteiger partial charge on any atom is 0.309 e. The van der Waals surface area contributed by atoms with Gasteiger partial charge in [-0.3, -0.25) is 4.79 Å². The molecule has 0 aliphatic heterocycles. The van der Waals surface area contributed by atoms with Crippen molar-refractivity contribution in [2.45, 2.75) is 76.2 Å². The first-order chi connectivity index (χ1) is 13.2. The van der Waals surface area contributed by atoms with Crippen LogP contribution in [0.3, 0.4) is 0 Å². The average Bonchev–Trinajstić information content (AvgIpc) is 2.73. The SMILES string of the molecule is N#Cc1ccc(C2CCC(C(=O)OC3CCC(CCCCl)CC3)CC2)cc1. The predicted octanol–water partition coefficient (Wildman–Crippen LogP) is 5.95. The van der Waals surface area contributed by atoms with Gasteiger partial charge in [0, 0.05) is 5.88 Å². The maximum absolute atomic E-state index is 12.6. The lowest BCUT2D eigenvalue weighted by Crippen LogP contribution is -2.30. The van der Waals surface area contributed by atoms with Crippen molar-refractivity contribution >= 4 is 17.6 Å². The van der Waals surface area contributed by atoms with E-state index in [0.717, 1.165) is 56.7 Å². The molecule has 0 heterocycles. The quantitative estimate of drug-likeness (QED) is 0.447. The van der Waals surface area contributed by atoms with E-state index in [2.05, 4.69) is 18.2 Å². The van der Waals surface area contributed by atoms with Gasteiger partial charge >= 0.3 is 5.97 Å². The van der Waals surface area contributed by atoms with Gasteiger partial charge < -0.3 is 4.74 Å². The van der Waals surface area contributed by atoms with Crippen molar-refractivity contribution in [2.75, 3.05) is 5.88 Å². The van der Waals surface area contributed by atoms with Crippen LogP contribution in [0.15, 0.2) is 24.3 Å². The van der Waals surface area contributed by atoms with Crippen LogP contribution in [0, 0.1) is 23.2 Å². The second-order valence-electron chi connectivity index (χ2n) is 8.19. The van der Waals surface area contributed by atoms with E-state index in [9.17, 15) is 4.79 Å². The molecule has 4 heteroatoms. The zero-order chi connectivity index (χ0) is 19.1. The van der Waals surface area contributed by atoms with Crippen LogP contribution >= 0.6 is 11.6 Å². The van der Waals surface area contributed by atoms with E-state index in [1.54, 1.807) is 0 Å². The Hall–Kier alpha value is -1.53. The number of esters is 1. The number of alkyl halides is 1. The second-order valence-corrected chi connectivity index (χ2v) is 8.57. The predicted molar refractivity (Wildman–Crippen MR) is 108 cm³/mol. The van der Waals surface area contributed by atoms with Gasteiger partial charge in [-0.25, -0.2) is 0 Å². The lowest BCUT2D eigenvalue weighted by Gasteiger charge is -2.31. The topological polar surface area (TPSA) is 50.1 Å². The molecule has 146 valence electrons. The lowest BCUT2D eigenvalue weighted by atomic mass is 9.78. The van der Waals surface area contributed by atoms with Crippen LogP contribution in [-0.4, -0.2) is 18.0 Å². The first-order valence-corrected chi connectivity index (χ1v) is 11.0. The van der Waals surface area contributed by atoms with Crippen LogP contribution in [0.4, 0.5) is 0 Å². The Labute approximate surface area is 168 Å². The number of nitrogens with zero attached hydrogens (tertiary/aromatic N) is 1. The zero-order valence-electron chi connectivity index (χ0n) is 16.0. The Morgan fingerprint density at radius 1 is 1.04 bits per heavy atom. The van der Waals surface area contributed by atoms with Crippen LogP contribution in [0.5, 0.6) is 0 Å². The molecule has 1 aromatic carbocycles. The molecule has 1 aromatic rings. The van der Waals surface area contributed by atoms with Gasteiger partial charge in [0.05, 0.1) is 17.6 Å². The van der Waals surface area contributed by atoms with Crippen LogP contribution in [0.1, 0.15) is 81.3 Å². The number of rotatable bonds is 6. The summed E-state index contributed by atoms with van der Waals surface area (Å²) in [6.45, 7) is 0. The third-order valence-electron chi connectivity index (χ3n) is 6.39. The number of nitriles is 1. The molecular weight excluding hydrogens is 358 g/mol. The van der Waals surface area contributed by atoms with E-state index in [0.29, 0.717) is 11.5 Å². The minimum atomic E-state index is 0.0255. The number of hydrogen-bond acceptors (Lipinski definition) is 3. The summed E-state index contributed by atoms with van der Waals surface area (Å²) in [5.74, 6) is 2.10. The van der Waals surface area contributed by atoms with Gasteiger partial charge in [-0.05, 0) is 93.7 Å². The van der Waals surface area contributed by atoms with Crippen molar-refractivity contribution in [2.24, 2.45) is 11.8 Å². The van der Waals surface area contributed by atoms with Gasteiger partial charge in [0.2, 0.25) is 0 Å². The summed E-state index contributed by atoms with van der Waals surface area (Å²) in [5, 5.41) is 8.92. The van der Waals surface area contributed by atoms with Crippen molar-refractivity contribution in [3.8, 4) is 6.07 Å². The van der Waals surface area contributed by atoms with Crippen molar-refractivity contribution in [3.05, 3.63) is 35.4 Å². The van der Waals surface area contributed by atoms with Gasteiger partial charge in [-0.1, -0.05) is 12.1 Å². The molecule has 0 saturated heterocycles. The van der Waals surface area contributed by atoms with E-state index < -0.39 is 0 Å². The summed E-state index contributed by atoms with van der Waals surface area (Å²) >= 11 is 5.79. The highest BCUT2D eigenvalue weighted by Gasteiger charge is 2.31. The molecule has 0 atom stereocenters. The molecule has 2 aliphatic rings. The van der Waals surface area contributed by atoms with E-state index >= 15 is 0 Å². The third kappa shape index (κ3) is 5.72. The monoisotopic (exact) mass is 387 g/mol. The van der Waals surface area contributed by atoms with Crippen LogP contribution in [0.25, 0.3) is 0 Å². The zero-order valence-corrected chi connectivity index (χ0v) is 16.8. The summed E-state index contributed by atoms with van der Waals surface area (Å²) in [4.78, 5) is 12.6. The highest BCUT2D eigenvalue weighted by Crippen LogP contribution is 2.37. The molecule has 0 N–H and O–H groups in total. The first-order valence-electron chi connectivity index (χ1n) is 10.5. The molecule has 3 nitrogen and oxygen atoms in total. The smallest absolute Gasteiger partial charge is 0.309 e. The Morgan fingerprint density at radius 2 is 1.70 bits per heavy atom. The van der Waals surface area contributed by atoms with Crippen molar-refractivity contribution in [1.29, 1.82) is 5.26 Å². The molecular formula is C23H30ClNO2. The average molecular weight is 388 g/mol. The standard InChI is InChI=1S/C23H30ClNO2/c24-15-1-2-17-5-13-22(14-6-17)27-23(26)21-11-9-20(10-12-21)19-7-3-18(16-25)4-8-19/h3-4,7-8,17,20-22H,1-2,5-6,9-15H2. The number of hydrogen-bond donors (Lipinski definition) is 0. The van der Waals surface area contributed by atoms with Gasteiger partial charge in [0.1, 0.15) is 6.10 Å². The number of carbonyl (C=O) groups is 1. The summed E-state index contributed by atoms with van der Waals surface area (Å²) < 4.78 is 5.85. The first kappa shape index (κ1) is 20.2. The molecule has 0 unspecified atom stereocenters. The van der Waals surface area contributed by atoms with Crippen molar-refractivity contribution in [1.82, 2.24) is 0 Å². The molecule has 0 bridgehead atoms. The Kier molecular flexibility index (Phi) is 7.59. The Morgan fingerprint density at radius 3 is 2.30 bits per heavy atom. The summed E-state index contributed by atoms with van der Waals surface area (Å²) in [6.07, 6.45) is 10.7. The highest BCUT2D eigenvalue weighted by molar-refractivity contribution is 6.17. The van der Waals surface area contributed by atoms with Crippen LogP contribution in [0.2, 0.25) is 0 Å².